The molecule has 0 saturated carbocycles. The number of rotatable bonds is 6. The zero-order valence-corrected chi connectivity index (χ0v) is 10.1. The van der Waals surface area contributed by atoms with Gasteiger partial charge in [-0.15, -0.1) is 0 Å². The lowest BCUT2D eigenvalue weighted by atomic mass is 10.2. The van der Waals surface area contributed by atoms with Crippen molar-refractivity contribution in [2.24, 2.45) is 0 Å². The molecule has 0 heterocycles. The zero-order valence-electron chi connectivity index (χ0n) is 10.1. The Morgan fingerprint density at radius 1 is 1.13 bits per heavy atom. The lowest BCUT2D eigenvalue weighted by Gasteiger charge is -2.04. The third-order valence-electron chi connectivity index (χ3n) is 1.80. The van der Waals surface area contributed by atoms with Gasteiger partial charge in [-0.25, -0.2) is 0 Å². The number of nitrogens with one attached hydrogen (secondary N) is 1. The Hall–Kier alpha value is -0.860. The molecule has 1 N–H and O–H groups in total. The molecule has 0 fully saturated rings. The van der Waals surface area contributed by atoms with Crippen LogP contribution in [0.3, 0.4) is 0 Å². The standard InChI is InChI=1S/C11H17NO.C2H6/c1-2-13-9-8-12-10-11-6-4-3-5-7-11;1-2/h3-7,12H,2,8-10H2,1H3;1-2H3. The van der Waals surface area contributed by atoms with Gasteiger partial charge in [0, 0.05) is 19.7 Å². The number of hydrogen-bond donors (Lipinski definition) is 1. The first kappa shape index (κ1) is 14.1. The summed E-state index contributed by atoms with van der Waals surface area (Å²) in [6.45, 7) is 9.45. The van der Waals surface area contributed by atoms with Gasteiger partial charge in [0.15, 0.2) is 0 Å². The van der Waals surface area contributed by atoms with E-state index >= 15 is 0 Å². The molecule has 0 spiro atoms. The van der Waals surface area contributed by atoms with Gasteiger partial charge in [0.2, 0.25) is 0 Å². The minimum Gasteiger partial charge on any atom is -0.380 e. The largest absolute Gasteiger partial charge is 0.380 e. The van der Waals surface area contributed by atoms with Crippen molar-refractivity contribution in [2.75, 3.05) is 19.8 Å². The Balaban J connectivity index is 0.000000921. The summed E-state index contributed by atoms with van der Waals surface area (Å²) in [4.78, 5) is 0. The zero-order chi connectivity index (χ0) is 11.4. The predicted octanol–water partition coefficient (Wildman–Crippen LogP) is 2.84. The molecule has 15 heavy (non-hydrogen) atoms. The van der Waals surface area contributed by atoms with Crippen molar-refractivity contribution in [2.45, 2.75) is 27.3 Å². The van der Waals surface area contributed by atoms with Crippen molar-refractivity contribution in [1.82, 2.24) is 5.32 Å². The Bertz CT molecular complexity index is 211. The lowest BCUT2D eigenvalue weighted by molar-refractivity contribution is 0.149. The van der Waals surface area contributed by atoms with Gasteiger partial charge in [0.25, 0.3) is 0 Å². The van der Waals surface area contributed by atoms with E-state index in [0.29, 0.717) is 0 Å². The predicted molar refractivity (Wildman–Crippen MR) is 66.0 cm³/mol. The summed E-state index contributed by atoms with van der Waals surface area (Å²) < 4.78 is 5.21. The van der Waals surface area contributed by atoms with Crippen LogP contribution in [0.4, 0.5) is 0 Å². The van der Waals surface area contributed by atoms with Gasteiger partial charge in [0.1, 0.15) is 0 Å². The van der Waals surface area contributed by atoms with Gasteiger partial charge in [-0.05, 0) is 12.5 Å². The van der Waals surface area contributed by atoms with Gasteiger partial charge in [-0.3, -0.25) is 0 Å². The second kappa shape index (κ2) is 11.2. The van der Waals surface area contributed by atoms with Gasteiger partial charge in [0.05, 0.1) is 6.61 Å². The highest BCUT2D eigenvalue weighted by molar-refractivity contribution is 5.14. The van der Waals surface area contributed by atoms with Crippen molar-refractivity contribution < 1.29 is 4.74 Å². The van der Waals surface area contributed by atoms with Crippen LogP contribution in [-0.4, -0.2) is 19.8 Å². The summed E-state index contributed by atoms with van der Waals surface area (Å²) >= 11 is 0. The van der Waals surface area contributed by atoms with E-state index < -0.39 is 0 Å². The van der Waals surface area contributed by atoms with Gasteiger partial charge < -0.3 is 10.1 Å². The molecular formula is C13H23NO. The second-order valence-electron chi connectivity index (χ2n) is 2.86. The van der Waals surface area contributed by atoms with Crippen LogP contribution in [0, 0.1) is 0 Å². The molecule has 1 aromatic carbocycles. The number of benzene rings is 1. The van der Waals surface area contributed by atoms with Crippen LogP contribution in [0.25, 0.3) is 0 Å². The van der Waals surface area contributed by atoms with E-state index in [1.807, 2.05) is 26.8 Å². The molecule has 0 aliphatic heterocycles. The minimum atomic E-state index is 0.795. The van der Waals surface area contributed by atoms with E-state index in [2.05, 4.69) is 29.6 Å². The molecule has 0 aliphatic carbocycles. The molecule has 0 aliphatic rings. The molecule has 0 radical (unpaired) electrons. The first-order chi connectivity index (χ1) is 7.43. The van der Waals surface area contributed by atoms with Crippen LogP contribution in [0.15, 0.2) is 30.3 Å². The molecule has 0 amide bonds. The molecule has 2 nitrogen and oxygen atoms in total. The van der Waals surface area contributed by atoms with Crippen LogP contribution >= 0.6 is 0 Å². The molecular weight excluding hydrogens is 186 g/mol. The quantitative estimate of drug-likeness (QED) is 0.727. The smallest absolute Gasteiger partial charge is 0.0590 e. The van der Waals surface area contributed by atoms with Crippen LogP contribution in [0.5, 0.6) is 0 Å². The molecule has 2 heteroatoms. The fraction of sp³-hybridized carbons (Fsp3) is 0.538. The normalized spacial score (nSPS) is 9.27. The van der Waals surface area contributed by atoms with E-state index in [9.17, 15) is 0 Å². The fourth-order valence-corrected chi connectivity index (χ4v) is 1.12. The average molecular weight is 209 g/mol. The molecule has 0 aromatic heterocycles. The first-order valence-electron chi connectivity index (χ1n) is 5.76. The number of ether oxygens (including phenoxy) is 1. The van der Waals surface area contributed by atoms with Gasteiger partial charge >= 0.3 is 0 Å². The van der Waals surface area contributed by atoms with E-state index in [1.54, 1.807) is 0 Å². The first-order valence-corrected chi connectivity index (χ1v) is 5.76. The van der Waals surface area contributed by atoms with Crippen molar-refractivity contribution in [1.29, 1.82) is 0 Å². The van der Waals surface area contributed by atoms with E-state index in [1.165, 1.54) is 5.56 Å². The highest BCUT2D eigenvalue weighted by Gasteiger charge is 1.89. The number of hydrogen-bond acceptors (Lipinski definition) is 2. The van der Waals surface area contributed by atoms with Gasteiger partial charge in [-0.2, -0.15) is 0 Å². The SMILES string of the molecule is CC.CCOCCNCc1ccccc1. The van der Waals surface area contributed by atoms with Gasteiger partial charge in [-0.1, -0.05) is 44.2 Å². The second-order valence-corrected chi connectivity index (χ2v) is 2.86. The maximum atomic E-state index is 5.21. The Kier molecular flexibility index (Phi) is 10.6. The third-order valence-corrected chi connectivity index (χ3v) is 1.80. The molecule has 86 valence electrons. The highest BCUT2D eigenvalue weighted by Crippen LogP contribution is 1.96. The molecule has 0 atom stereocenters. The molecule has 1 aromatic rings. The van der Waals surface area contributed by atoms with E-state index in [0.717, 1.165) is 26.3 Å². The molecule has 0 unspecified atom stereocenters. The van der Waals surface area contributed by atoms with Crippen molar-refractivity contribution in [3.63, 3.8) is 0 Å². The molecule has 0 bridgehead atoms. The van der Waals surface area contributed by atoms with Crippen molar-refractivity contribution in [3.05, 3.63) is 35.9 Å². The maximum absolute atomic E-state index is 5.21. The fourth-order valence-electron chi connectivity index (χ4n) is 1.12. The summed E-state index contributed by atoms with van der Waals surface area (Å²) in [5.74, 6) is 0. The summed E-state index contributed by atoms with van der Waals surface area (Å²) in [6, 6.07) is 10.4. The maximum Gasteiger partial charge on any atom is 0.0590 e. The van der Waals surface area contributed by atoms with Crippen LogP contribution in [0.1, 0.15) is 26.3 Å². The monoisotopic (exact) mass is 209 g/mol. The topological polar surface area (TPSA) is 21.3 Å². The summed E-state index contributed by atoms with van der Waals surface area (Å²) in [7, 11) is 0. The van der Waals surface area contributed by atoms with Crippen LogP contribution < -0.4 is 5.32 Å². The van der Waals surface area contributed by atoms with Crippen LogP contribution in [0.2, 0.25) is 0 Å². The van der Waals surface area contributed by atoms with Crippen molar-refractivity contribution >= 4 is 0 Å². The molecule has 1 rings (SSSR count). The Morgan fingerprint density at radius 2 is 1.80 bits per heavy atom. The third kappa shape index (κ3) is 8.16. The minimum absolute atomic E-state index is 0.795. The summed E-state index contributed by atoms with van der Waals surface area (Å²) in [6.07, 6.45) is 0. The van der Waals surface area contributed by atoms with Crippen molar-refractivity contribution in [3.8, 4) is 0 Å². The Labute approximate surface area is 93.7 Å². The summed E-state index contributed by atoms with van der Waals surface area (Å²) in [5, 5.41) is 3.31. The van der Waals surface area contributed by atoms with Crippen LogP contribution in [-0.2, 0) is 11.3 Å². The lowest BCUT2D eigenvalue weighted by Crippen LogP contribution is -2.19. The van der Waals surface area contributed by atoms with E-state index in [-0.39, 0.29) is 0 Å². The Morgan fingerprint density at radius 3 is 2.40 bits per heavy atom. The highest BCUT2D eigenvalue weighted by atomic mass is 16.5. The molecule has 0 saturated heterocycles. The summed E-state index contributed by atoms with van der Waals surface area (Å²) in [5.41, 5.74) is 1.32. The average Bonchev–Trinajstić information content (AvgIpc) is 2.33. The van der Waals surface area contributed by atoms with E-state index in [4.69, 9.17) is 4.74 Å².